The van der Waals surface area contributed by atoms with E-state index in [1.54, 1.807) is 7.11 Å². The van der Waals surface area contributed by atoms with Crippen LogP contribution in [-0.4, -0.2) is 33.5 Å². The largest absolute Gasteiger partial charge is 0.496 e. The third-order valence-corrected chi connectivity index (χ3v) is 6.38. The molecule has 4 rings (SSSR count). The quantitative estimate of drug-likeness (QED) is 0.576. The van der Waals surface area contributed by atoms with Crippen molar-refractivity contribution in [2.24, 2.45) is 0 Å². The number of hydrogen-bond donors (Lipinski definition) is 1. The van der Waals surface area contributed by atoms with Crippen LogP contribution in [0, 0.1) is 0 Å². The zero-order valence-corrected chi connectivity index (χ0v) is 18.1. The van der Waals surface area contributed by atoms with E-state index in [2.05, 4.69) is 33.7 Å². The number of aromatic nitrogens is 3. The van der Waals surface area contributed by atoms with Crippen LogP contribution < -0.4 is 10.1 Å². The summed E-state index contributed by atoms with van der Waals surface area (Å²) in [4.78, 5) is 12.7. The maximum atomic E-state index is 12.7. The highest BCUT2D eigenvalue weighted by Crippen LogP contribution is 2.32. The van der Waals surface area contributed by atoms with Crippen molar-refractivity contribution in [2.75, 3.05) is 12.9 Å². The molecule has 1 atom stereocenters. The number of fused-ring (bicyclic) bond motifs is 1. The molecule has 1 heterocycles. The number of para-hydroxylation sites is 1. The zero-order chi connectivity index (χ0) is 20.9. The first kappa shape index (κ1) is 20.5. The van der Waals surface area contributed by atoms with Gasteiger partial charge in [0.2, 0.25) is 5.91 Å². The first-order chi connectivity index (χ1) is 14.7. The van der Waals surface area contributed by atoms with Crippen molar-refractivity contribution in [1.29, 1.82) is 0 Å². The van der Waals surface area contributed by atoms with Gasteiger partial charge in [0.25, 0.3) is 0 Å². The molecule has 1 aliphatic carbocycles. The van der Waals surface area contributed by atoms with Gasteiger partial charge in [0, 0.05) is 6.54 Å². The van der Waals surface area contributed by atoms with Gasteiger partial charge in [-0.05, 0) is 49.4 Å². The molecule has 30 heavy (non-hydrogen) atoms. The molecule has 1 N–H and O–H groups in total. The van der Waals surface area contributed by atoms with E-state index in [0.717, 1.165) is 41.6 Å². The molecule has 0 saturated heterocycles. The lowest BCUT2D eigenvalue weighted by Gasteiger charge is -2.26. The molecular formula is C23H26N4O2S. The standard InChI is InChI=1S/C23H26N4O2S/c1-3-27-22(18-12-6-7-14-20(18)29-2)25-26-23(27)30-15-21(28)24-19-13-8-10-16-9-4-5-11-17(16)19/h4-7,9,11-12,14,19H,3,8,10,13,15H2,1-2H3,(H,24,28). The molecule has 1 aromatic heterocycles. The van der Waals surface area contributed by atoms with E-state index in [4.69, 9.17) is 4.74 Å². The number of thioether (sulfide) groups is 1. The predicted molar refractivity (Wildman–Crippen MR) is 119 cm³/mol. The minimum absolute atomic E-state index is 0.0196. The molecule has 0 bridgehead atoms. The summed E-state index contributed by atoms with van der Waals surface area (Å²) in [6, 6.07) is 16.2. The number of amides is 1. The Morgan fingerprint density at radius 3 is 2.83 bits per heavy atom. The number of ether oxygens (including phenoxy) is 1. The molecule has 0 fully saturated rings. The van der Waals surface area contributed by atoms with Crippen LogP contribution in [0.2, 0.25) is 0 Å². The molecule has 0 spiro atoms. The van der Waals surface area contributed by atoms with Crippen LogP contribution in [-0.2, 0) is 17.8 Å². The van der Waals surface area contributed by atoms with Crippen LogP contribution >= 0.6 is 11.8 Å². The van der Waals surface area contributed by atoms with Gasteiger partial charge in [-0.1, -0.05) is 48.2 Å². The first-order valence-corrected chi connectivity index (χ1v) is 11.3. The van der Waals surface area contributed by atoms with Gasteiger partial charge in [0.15, 0.2) is 11.0 Å². The van der Waals surface area contributed by atoms with Crippen LogP contribution in [0.15, 0.2) is 53.7 Å². The fourth-order valence-corrected chi connectivity index (χ4v) is 4.79. The highest BCUT2D eigenvalue weighted by molar-refractivity contribution is 7.99. The molecule has 156 valence electrons. The van der Waals surface area contributed by atoms with E-state index < -0.39 is 0 Å². The van der Waals surface area contributed by atoms with Crippen molar-refractivity contribution in [3.63, 3.8) is 0 Å². The minimum atomic E-state index is 0.0196. The van der Waals surface area contributed by atoms with Gasteiger partial charge in [0.05, 0.1) is 24.5 Å². The van der Waals surface area contributed by atoms with Crippen molar-refractivity contribution in [3.05, 3.63) is 59.7 Å². The Balaban J connectivity index is 1.45. The Hall–Kier alpha value is -2.80. The van der Waals surface area contributed by atoms with Gasteiger partial charge in [-0.3, -0.25) is 4.79 Å². The lowest BCUT2D eigenvalue weighted by Crippen LogP contribution is -2.32. The number of nitrogens with zero attached hydrogens (tertiary/aromatic N) is 3. The van der Waals surface area contributed by atoms with Crippen LogP contribution in [0.25, 0.3) is 11.4 Å². The molecule has 6 nitrogen and oxygen atoms in total. The van der Waals surface area contributed by atoms with Gasteiger partial charge >= 0.3 is 0 Å². The number of carbonyl (C=O) groups is 1. The van der Waals surface area contributed by atoms with Crippen LogP contribution in [0.5, 0.6) is 5.75 Å². The zero-order valence-electron chi connectivity index (χ0n) is 17.3. The van der Waals surface area contributed by atoms with Crippen molar-refractivity contribution >= 4 is 17.7 Å². The molecule has 0 aliphatic heterocycles. The number of hydrogen-bond acceptors (Lipinski definition) is 5. The average Bonchev–Trinajstić information content (AvgIpc) is 3.20. The summed E-state index contributed by atoms with van der Waals surface area (Å²) in [6.07, 6.45) is 3.17. The number of aryl methyl sites for hydroxylation is 1. The summed E-state index contributed by atoms with van der Waals surface area (Å²) >= 11 is 1.42. The molecule has 0 saturated carbocycles. The number of methoxy groups -OCH3 is 1. The third kappa shape index (κ3) is 4.21. The van der Waals surface area contributed by atoms with Crippen LogP contribution in [0.4, 0.5) is 0 Å². The summed E-state index contributed by atoms with van der Waals surface area (Å²) < 4.78 is 7.49. The van der Waals surface area contributed by atoms with Gasteiger partial charge in [-0.2, -0.15) is 0 Å². The fraction of sp³-hybridized carbons (Fsp3) is 0.348. The Bertz CT molecular complexity index is 1030. The Morgan fingerprint density at radius 2 is 2.00 bits per heavy atom. The summed E-state index contributed by atoms with van der Waals surface area (Å²) in [5.74, 6) is 1.83. The van der Waals surface area contributed by atoms with Crippen LogP contribution in [0.1, 0.15) is 36.9 Å². The normalized spacial score (nSPS) is 15.5. The van der Waals surface area contributed by atoms with Crippen molar-refractivity contribution in [3.8, 4) is 17.1 Å². The SMILES string of the molecule is CCn1c(SCC(=O)NC2CCCc3ccccc32)nnc1-c1ccccc1OC. The van der Waals surface area contributed by atoms with Gasteiger partial charge in [-0.25, -0.2) is 0 Å². The van der Waals surface area contributed by atoms with Gasteiger partial charge in [-0.15, -0.1) is 10.2 Å². The lowest BCUT2D eigenvalue weighted by molar-refractivity contribution is -0.119. The molecule has 7 heteroatoms. The Kier molecular flexibility index (Phi) is 6.38. The molecule has 1 unspecified atom stereocenters. The predicted octanol–water partition coefficient (Wildman–Crippen LogP) is 4.26. The maximum absolute atomic E-state index is 12.7. The molecule has 0 radical (unpaired) electrons. The highest BCUT2D eigenvalue weighted by atomic mass is 32.2. The van der Waals surface area contributed by atoms with E-state index >= 15 is 0 Å². The van der Waals surface area contributed by atoms with E-state index in [1.807, 2.05) is 41.8 Å². The molecule has 3 aromatic rings. The first-order valence-electron chi connectivity index (χ1n) is 10.3. The summed E-state index contributed by atoms with van der Waals surface area (Å²) in [5.41, 5.74) is 3.48. The topological polar surface area (TPSA) is 69.0 Å². The number of benzene rings is 2. The molecular weight excluding hydrogens is 396 g/mol. The number of carbonyl (C=O) groups excluding carboxylic acids is 1. The second-order valence-corrected chi connectivity index (χ2v) is 8.19. The smallest absolute Gasteiger partial charge is 0.230 e. The van der Waals surface area contributed by atoms with E-state index in [1.165, 1.54) is 22.9 Å². The molecule has 1 amide bonds. The minimum Gasteiger partial charge on any atom is -0.496 e. The Morgan fingerprint density at radius 1 is 1.20 bits per heavy atom. The van der Waals surface area contributed by atoms with Crippen molar-refractivity contribution in [2.45, 2.75) is 43.9 Å². The summed E-state index contributed by atoms with van der Waals surface area (Å²) in [6.45, 7) is 2.76. The van der Waals surface area contributed by atoms with Crippen molar-refractivity contribution in [1.82, 2.24) is 20.1 Å². The monoisotopic (exact) mass is 422 g/mol. The highest BCUT2D eigenvalue weighted by Gasteiger charge is 2.22. The van der Waals surface area contributed by atoms with E-state index in [0.29, 0.717) is 12.3 Å². The van der Waals surface area contributed by atoms with Gasteiger partial charge < -0.3 is 14.6 Å². The van der Waals surface area contributed by atoms with E-state index in [-0.39, 0.29) is 11.9 Å². The van der Waals surface area contributed by atoms with Crippen molar-refractivity contribution < 1.29 is 9.53 Å². The second-order valence-electron chi connectivity index (χ2n) is 7.25. The maximum Gasteiger partial charge on any atom is 0.230 e. The number of nitrogens with one attached hydrogen (secondary N) is 1. The lowest BCUT2D eigenvalue weighted by atomic mass is 9.88. The van der Waals surface area contributed by atoms with Gasteiger partial charge in [0.1, 0.15) is 5.75 Å². The molecule has 2 aromatic carbocycles. The number of rotatable bonds is 7. The molecule has 1 aliphatic rings. The third-order valence-electron chi connectivity index (χ3n) is 5.42. The second kappa shape index (κ2) is 9.34. The van der Waals surface area contributed by atoms with E-state index in [9.17, 15) is 4.79 Å². The summed E-state index contributed by atoms with van der Waals surface area (Å²) in [7, 11) is 1.65. The Labute approximate surface area is 181 Å². The average molecular weight is 423 g/mol. The fourth-order valence-electron chi connectivity index (χ4n) is 3.98. The summed E-state index contributed by atoms with van der Waals surface area (Å²) in [5, 5.41) is 12.6. The van der Waals surface area contributed by atoms with Crippen LogP contribution in [0.3, 0.4) is 0 Å².